The van der Waals surface area contributed by atoms with Gasteiger partial charge in [0.2, 0.25) is 0 Å². The van der Waals surface area contributed by atoms with E-state index < -0.39 is 12.0 Å². The van der Waals surface area contributed by atoms with Crippen molar-refractivity contribution in [1.29, 1.82) is 0 Å². The number of rotatable bonds is 3. The molecule has 1 atom stereocenters. The Morgan fingerprint density at radius 2 is 1.80 bits per heavy atom. The third kappa shape index (κ3) is 4.71. The number of hydrogen-bond donors (Lipinski definition) is 1. The van der Waals surface area contributed by atoms with Crippen molar-refractivity contribution in [3.63, 3.8) is 0 Å². The molecule has 1 aromatic rings. The van der Waals surface area contributed by atoms with Gasteiger partial charge in [0, 0.05) is 28.5 Å². The third-order valence-corrected chi connectivity index (χ3v) is 2.14. The summed E-state index contributed by atoms with van der Waals surface area (Å²) < 4.78 is 0. The Kier molecular flexibility index (Phi) is 5.98. The Hall–Kier alpha value is -0.480. The second-order valence-electron chi connectivity index (χ2n) is 2.89. The van der Waals surface area contributed by atoms with Gasteiger partial charge in [-0.3, -0.25) is 0 Å². The molecule has 0 radical (unpaired) electrons. The average Bonchev–Trinajstić information content (AvgIpc) is 2.00. The Bertz CT molecular complexity index is 337. The first-order valence-corrected chi connectivity index (χ1v) is 4.66. The van der Waals surface area contributed by atoms with E-state index in [1.807, 2.05) is 0 Å². The van der Waals surface area contributed by atoms with Crippen molar-refractivity contribution in [2.45, 2.75) is 12.5 Å². The van der Waals surface area contributed by atoms with E-state index in [1.165, 1.54) is 0 Å². The van der Waals surface area contributed by atoms with E-state index in [9.17, 15) is 9.90 Å². The first kappa shape index (κ1) is 14.5. The summed E-state index contributed by atoms with van der Waals surface area (Å²) in [4.78, 5) is 10.3. The second kappa shape index (κ2) is 6.18. The Labute approximate surface area is 104 Å². The Balaban J connectivity index is 0.00000196. The molecule has 1 rings (SSSR count). The van der Waals surface area contributed by atoms with E-state index in [2.05, 4.69) is 0 Å². The van der Waals surface area contributed by atoms with Gasteiger partial charge in [-0.25, -0.2) is 0 Å². The molecule has 0 bridgehead atoms. The maximum atomic E-state index is 10.3. The molecule has 84 valence electrons. The SMILES string of the molecule is Cl.NC(CC(=O)[O-])c1cc(Cl)cc(Cl)c1. The first-order valence-electron chi connectivity index (χ1n) is 3.90. The highest BCUT2D eigenvalue weighted by Crippen LogP contribution is 2.23. The average molecular weight is 270 g/mol. The van der Waals surface area contributed by atoms with Crippen LogP contribution in [0.15, 0.2) is 18.2 Å². The highest BCUT2D eigenvalue weighted by Gasteiger charge is 2.07. The Morgan fingerprint density at radius 1 is 1.33 bits per heavy atom. The molecular weight excluding hydrogens is 260 g/mol. The molecule has 0 saturated heterocycles. The fourth-order valence-electron chi connectivity index (χ4n) is 1.09. The van der Waals surface area contributed by atoms with Crippen molar-refractivity contribution < 1.29 is 9.90 Å². The molecule has 2 N–H and O–H groups in total. The summed E-state index contributed by atoms with van der Waals surface area (Å²) in [5.41, 5.74) is 6.19. The van der Waals surface area contributed by atoms with Crippen molar-refractivity contribution >= 4 is 41.6 Å². The minimum absolute atomic E-state index is 0. The second-order valence-corrected chi connectivity index (χ2v) is 3.76. The maximum Gasteiger partial charge on any atom is 0.0433 e. The summed E-state index contributed by atoms with van der Waals surface area (Å²) >= 11 is 11.5. The van der Waals surface area contributed by atoms with Crippen LogP contribution in [0.3, 0.4) is 0 Å². The van der Waals surface area contributed by atoms with Crippen LogP contribution < -0.4 is 10.8 Å². The van der Waals surface area contributed by atoms with Gasteiger partial charge < -0.3 is 15.6 Å². The van der Waals surface area contributed by atoms with Crippen molar-refractivity contribution in [2.24, 2.45) is 5.73 Å². The number of carbonyl (C=O) groups is 1. The zero-order valence-electron chi connectivity index (χ0n) is 7.57. The van der Waals surface area contributed by atoms with Crippen LogP contribution in [0.1, 0.15) is 18.0 Å². The van der Waals surface area contributed by atoms with Gasteiger partial charge in [-0.1, -0.05) is 23.2 Å². The number of hydrogen-bond acceptors (Lipinski definition) is 3. The zero-order chi connectivity index (χ0) is 10.7. The van der Waals surface area contributed by atoms with Crippen LogP contribution in [0, 0.1) is 0 Å². The predicted octanol–water partition coefficient (Wildman–Crippen LogP) is 1.55. The van der Waals surface area contributed by atoms with Crippen LogP contribution in [-0.4, -0.2) is 5.97 Å². The van der Waals surface area contributed by atoms with Gasteiger partial charge >= 0.3 is 0 Å². The van der Waals surface area contributed by atoms with Crippen LogP contribution in [0.5, 0.6) is 0 Å². The summed E-state index contributed by atoms with van der Waals surface area (Å²) in [5.74, 6) is -1.20. The molecule has 1 unspecified atom stereocenters. The number of benzene rings is 1. The van der Waals surface area contributed by atoms with Gasteiger partial charge in [-0.05, 0) is 23.8 Å². The van der Waals surface area contributed by atoms with E-state index in [0.717, 1.165) is 0 Å². The lowest BCUT2D eigenvalue weighted by Gasteiger charge is -2.13. The van der Waals surface area contributed by atoms with Gasteiger partial charge in [0.1, 0.15) is 0 Å². The largest absolute Gasteiger partial charge is 0.550 e. The maximum absolute atomic E-state index is 10.3. The van der Waals surface area contributed by atoms with Crippen LogP contribution in [0.4, 0.5) is 0 Å². The summed E-state index contributed by atoms with van der Waals surface area (Å²) in [5, 5.41) is 11.2. The fraction of sp³-hybridized carbons (Fsp3) is 0.222. The highest BCUT2D eigenvalue weighted by molar-refractivity contribution is 6.34. The number of carboxylic acids is 1. The van der Waals surface area contributed by atoms with Crippen molar-refractivity contribution in [1.82, 2.24) is 0 Å². The van der Waals surface area contributed by atoms with Gasteiger partial charge in [-0.2, -0.15) is 0 Å². The molecule has 15 heavy (non-hydrogen) atoms. The molecule has 0 aromatic heterocycles. The van der Waals surface area contributed by atoms with Crippen molar-refractivity contribution in [3.8, 4) is 0 Å². The molecule has 1 aromatic carbocycles. The topological polar surface area (TPSA) is 66.2 Å². The van der Waals surface area contributed by atoms with Crippen molar-refractivity contribution in [3.05, 3.63) is 33.8 Å². The smallest absolute Gasteiger partial charge is 0.0433 e. The first-order chi connectivity index (χ1) is 6.49. The predicted molar refractivity (Wildman–Crippen MR) is 60.3 cm³/mol. The van der Waals surface area contributed by atoms with Gasteiger partial charge in [0.15, 0.2) is 0 Å². The molecule has 3 nitrogen and oxygen atoms in total. The lowest BCUT2D eigenvalue weighted by Crippen LogP contribution is -2.27. The summed E-state index contributed by atoms with van der Waals surface area (Å²) in [7, 11) is 0. The molecule has 0 aliphatic heterocycles. The van der Waals surface area contributed by atoms with Crippen LogP contribution in [0.2, 0.25) is 10.0 Å². The van der Waals surface area contributed by atoms with Gasteiger partial charge in [0.05, 0.1) is 0 Å². The summed E-state index contributed by atoms with van der Waals surface area (Å²) in [6.45, 7) is 0. The van der Waals surface area contributed by atoms with E-state index in [4.69, 9.17) is 28.9 Å². The summed E-state index contributed by atoms with van der Waals surface area (Å²) in [6, 6.07) is 4.08. The molecule has 0 heterocycles. The molecule has 0 saturated carbocycles. The van der Waals surface area contributed by atoms with Gasteiger partial charge in [-0.15, -0.1) is 12.4 Å². The summed E-state index contributed by atoms with van der Waals surface area (Å²) in [6.07, 6.45) is -0.253. The number of nitrogens with two attached hydrogens (primary N) is 1. The quantitative estimate of drug-likeness (QED) is 0.905. The lowest BCUT2D eigenvalue weighted by molar-refractivity contribution is -0.306. The fourth-order valence-corrected chi connectivity index (χ4v) is 1.63. The van der Waals surface area contributed by atoms with E-state index in [0.29, 0.717) is 15.6 Å². The number of carbonyl (C=O) groups excluding carboxylic acids is 1. The van der Waals surface area contributed by atoms with Crippen LogP contribution in [-0.2, 0) is 4.79 Å². The molecule has 0 amide bonds. The minimum atomic E-state index is -1.20. The monoisotopic (exact) mass is 268 g/mol. The van der Waals surface area contributed by atoms with Gasteiger partial charge in [0.25, 0.3) is 0 Å². The van der Waals surface area contributed by atoms with Crippen LogP contribution in [0.25, 0.3) is 0 Å². The number of carboxylic acid groups (broad SMARTS) is 1. The Morgan fingerprint density at radius 3 is 2.20 bits per heavy atom. The molecule has 0 fully saturated rings. The minimum Gasteiger partial charge on any atom is -0.550 e. The lowest BCUT2D eigenvalue weighted by atomic mass is 10.1. The molecule has 6 heteroatoms. The van der Waals surface area contributed by atoms with E-state index >= 15 is 0 Å². The third-order valence-electron chi connectivity index (χ3n) is 1.70. The van der Waals surface area contributed by atoms with Crippen molar-refractivity contribution in [2.75, 3.05) is 0 Å². The highest BCUT2D eigenvalue weighted by atomic mass is 35.5. The van der Waals surface area contributed by atoms with E-state index in [1.54, 1.807) is 18.2 Å². The number of halogens is 3. The molecule has 0 spiro atoms. The number of aliphatic carboxylic acids is 1. The van der Waals surface area contributed by atoms with Crippen LogP contribution >= 0.6 is 35.6 Å². The standard InChI is InChI=1S/C9H9Cl2NO2.ClH/c10-6-1-5(2-7(11)3-6)8(12)4-9(13)14;/h1-3,8H,4,12H2,(H,13,14);1H/p-1. The molecule has 0 aliphatic rings. The van der Waals surface area contributed by atoms with E-state index in [-0.39, 0.29) is 18.8 Å². The zero-order valence-corrected chi connectivity index (χ0v) is 9.90. The molecule has 0 aliphatic carbocycles. The normalized spacial score (nSPS) is 11.7. The molecular formula is C9H9Cl3NO2-.